The second-order valence-corrected chi connectivity index (χ2v) is 6.29. The molecule has 2 aromatic heterocycles. The molecule has 3 rings (SSSR count). The van der Waals surface area contributed by atoms with Gasteiger partial charge < -0.3 is 23.3 Å². The first-order valence-electron chi connectivity index (χ1n) is 7.70. The number of methoxy groups -OCH3 is 2. The monoisotopic (exact) mass is 420 g/mol. The Bertz CT molecular complexity index is 918. The van der Waals surface area contributed by atoms with Crippen LogP contribution in [0.3, 0.4) is 0 Å². The lowest BCUT2D eigenvalue weighted by Gasteiger charge is -2.13. The van der Waals surface area contributed by atoms with E-state index < -0.39 is 0 Å². The molecule has 0 bridgehead atoms. The van der Waals surface area contributed by atoms with E-state index in [4.69, 9.17) is 18.4 Å². The number of carbonyl (C=O) groups is 1. The number of benzene rings is 1. The molecule has 0 N–H and O–H groups in total. The summed E-state index contributed by atoms with van der Waals surface area (Å²) in [7, 11) is 4.80. The van der Waals surface area contributed by atoms with E-state index in [0.717, 1.165) is 0 Å². The molecule has 0 radical (unpaired) electrons. The zero-order valence-electron chi connectivity index (χ0n) is 14.5. The Hall–Kier alpha value is -2.74. The van der Waals surface area contributed by atoms with E-state index >= 15 is 0 Å². The molecule has 0 saturated heterocycles. The topological polar surface area (TPSA) is 77.9 Å². The lowest BCUT2D eigenvalue weighted by molar-refractivity contribution is 0.0764. The molecule has 0 fully saturated rings. The van der Waals surface area contributed by atoms with Crippen molar-refractivity contribution in [1.82, 2.24) is 10.1 Å². The molecule has 0 saturated carbocycles. The lowest BCUT2D eigenvalue weighted by Crippen LogP contribution is -2.26. The molecular formula is C18H17BrN2O5. The highest BCUT2D eigenvalue weighted by Crippen LogP contribution is 2.33. The molecule has 7 nitrogen and oxygen atoms in total. The van der Waals surface area contributed by atoms with E-state index in [-0.39, 0.29) is 11.6 Å². The first-order chi connectivity index (χ1) is 12.5. The van der Waals surface area contributed by atoms with Gasteiger partial charge in [0.25, 0.3) is 5.91 Å². The number of carbonyl (C=O) groups excluding carboxylic acids is 1. The van der Waals surface area contributed by atoms with Crippen LogP contribution in [0.4, 0.5) is 0 Å². The fourth-order valence-electron chi connectivity index (χ4n) is 2.45. The van der Waals surface area contributed by atoms with Gasteiger partial charge in [0.2, 0.25) is 0 Å². The summed E-state index contributed by atoms with van der Waals surface area (Å²) < 4.78 is 22.0. The third-order valence-corrected chi connectivity index (χ3v) is 4.20. The van der Waals surface area contributed by atoms with Crippen molar-refractivity contribution in [2.75, 3.05) is 21.3 Å². The van der Waals surface area contributed by atoms with Crippen LogP contribution >= 0.6 is 15.9 Å². The zero-order valence-corrected chi connectivity index (χ0v) is 16.1. The standard InChI is InChI=1S/C18H17BrN2O5/c1-21(10-12-5-7-17(19)25-12)18(22)14-9-16(26-20-14)13-8-11(23-2)4-6-15(13)24-3/h4-9H,10H2,1-3H3. The molecule has 3 aromatic rings. The van der Waals surface area contributed by atoms with E-state index in [0.29, 0.717) is 39.8 Å². The molecule has 0 atom stereocenters. The van der Waals surface area contributed by atoms with Gasteiger partial charge in [-0.15, -0.1) is 0 Å². The summed E-state index contributed by atoms with van der Waals surface area (Å²) in [5.41, 5.74) is 0.842. The van der Waals surface area contributed by atoms with E-state index in [1.54, 1.807) is 57.7 Å². The maximum Gasteiger partial charge on any atom is 0.276 e. The summed E-state index contributed by atoms with van der Waals surface area (Å²) >= 11 is 3.24. The number of furan rings is 1. The van der Waals surface area contributed by atoms with Gasteiger partial charge in [0.05, 0.1) is 26.3 Å². The fourth-order valence-corrected chi connectivity index (χ4v) is 2.79. The molecular weight excluding hydrogens is 404 g/mol. The molecule has 0 unspecified atom stereocenters. The normalized spacial score (nSPS) is 10.6. The Morgan fingerprint density at radius 3 is 2.65 bits per heavy atom. The van der Waals surface area contributed by atoms with Gasteiger partial charge in [-0.1, -0.05) is 5.16 Å². The number of aromatic nitrogens is 1. The van der Waals surface area contributed by atoms with Crippen molar-refractivity contribution < 1.29 is 23.2 Å². The van der Waals surface area contributed by atoms with E-state index in [2.05, 4.69) is 21.1 Å². The molecule has 1 aromatic carbocycles. The SMILES string of the molecule is COc1ccc(OC)c(-c2cc(C(=O)N(C)Cc3ccc(Br)o3)no2)c1. The second-order valence-electron chi connectivity index (χ2n) is 5.51. The van der Waals surface area contributed by atoms with Gasteiger partial charge in [-0.3, -0.25) is 4.79 Å². The van der Waals surface area contributed by atoms with Gasteiger partial charge in [-0.05, 0) is 46.3 Å². The predicted molar refractivity (Wildman–Crippen MR) is 97.2 cm³/mol. The summed E-state index contributed by atoms with van der Waals surface area (Å²) in [6.45, 7) is 0.315. The third-order valence-electron chi connectivity index (χ3n) is 3.77. The van der Waals surface area contributed by atoms with Gasteiger partial charge in [0, 0.05) is 13.1 Å². The molecule has 0 aliphatic carbocycles. The first-order valence-corrected chi connectivity index (χ1v) is 8.50. The number of hydrogen-bond acceptors (Lipinski definition) is 6. The Morgan fingerprint density at radius 2 is 2.00 bits per heavy atom. The molecule has 1 amide bonds. The second kappa shape index (κ2) is 7.65. The first kappa shape index (κ1) is 18.1. The number of ether oxygens (including phenoxy) is 2. The van der Waals surface area contributed by atoms with Gasteiger partial charge in [0.1, 0.15) is 17.3 Å². The van der Waals surface area contributed by atoms with Crippen molar-refractivity contribution in [1.29, 1.82) is 0 Å². The summed E-state index contributed by atoms with van der Waals surface area (Å²) in [5, 5.41) is 3.89. The smallest absolute Gasteiger partial charge is 0.276 e. The third kappa shape index (κ3) is 3.75. The van der Waals surface area contributed by atoms with Crippen LogP contribution in [0.1, 0.15) is 16.2 Å². The van der Waals surface area contributed by atoms with Crippen LogP contribution in [0.5, 0.6) is 11.5 Å². The van der Waals surface area contributed by atoms with Crippen molar-refractivity contribution >= 4 is 21.8 Å². The molecule has 0 aliphatic rings. The van der Waals surface area contributed by atoms with Crippen molar-refractivity contribution in [2.45, 2.75) is 6.54 Å². The summed E-state index contributed by atoms with van der Waals surface area (Å²) in [4.78, 5) is 14.1. The lowest BCUT2D eigenvalue weighted by atomic mass is 10.1. The Morgan fingerprint density at radius 1 is 1.19 bits per heavy atom. The van der Waals surface area contributed by atoms with E-state index in [1.165, 1.54) is 4.90 Å². The Labute approximate surface area is 158 Å². The maximum absolute atomic E-state index is 12.6. The molecule has 0 aliphatic heterocycles. The number of amides is 1. The maximum atomic E-state index is 12.6. The summed E-state index contributed by atoms with van der Waals surface area (Å²) in [5.74, 6) is 2.03. The Kier molecular flexibility index (Phi) is 5.32. The van der Waals surface area contributed by atoms with Gasteiger partial charge in [-0.25, -0.2) is 0 Å². The quantitative estimate of drug-likeness (QED) is 0.599. The number of nitrogens with zero attached hydrogens (tertiary/aromatic N) is 2. The van der Waals surface area contributed by atoms with Gasteiger partial charge >= 0.3 is 0 Å². The fraction of sp³-hybridized carbons (Fsp3) is 0.222. The van der Waals surface area contributed by atoms with Crippen LogP contribution in [-0.2, 0) is 6.54 Å². The van der Waals surface area contributed by atoms with Crippen molar-refractivity contribution in [3.63, 3.8) is 0 Å². The van der Waals surface area contributed by atoms with E-state index in [1.807, 2.05) is 0 Å². The molecule has 0 spiro atoms. The summed E-state index contributed by atoms with van der Waals surface area (Å²) in [6.07, 6.45) is 0. The largest absolute Gasteiger partial charge is 0.497 e. The number of hydrogen-bond donors (Lipinski definition) is 0. The highest BCUT2D eigenvalue weighted by atomic mass is 79.9. The van der Waals surface area contributed by atoms with Crippen LogP contribution in [0.25, 0.3) is 11.3 Å². The van der Waals surface area contributed by atoms with Crippen LogP contribution in [0, 0.1) is 0 Å². The average molecular weight is 421 g/mol. The molecule has 2 heterocycles. The minimum Gasteiger partial charge on any atom is -0.497 e. The van der Waals surface area contributed by atoms with Crippen molar-refractivity contribution in [2.24, 2.45) is 0 Å². The predicted octanol–water partition coefficient (Wildman–Crippen LogP) is 3.99. The van der Waals surface area contributed by atoms with Crippen LogP contribution < -0.4 is 9.47 Å². The van der Waals surface area contributed by atoms with Crippen molar-refractivity contribution in [3.05, 3.63) is 52.5 Å². The Balaban J connectivity index is 1.82. The van der Waals surface area contributed by atoms with Gasteiger partial charge in [0.15, 0.2) is 16.1 Å². The average Bonchev–Trinajstić information content (AvgIpc) is 3.29. The minimum atomic E-state index is -0.283. The van der Waals surface area contributed by atoms with Crippen LogP contribution in [-0.4, -0.2) is 37.2 Å². The minimum absolute atomic E-state index is 0.193. The highest BCUT2D eigenvalue weighted by molar-refractivity contribution is 9.10. The number of rotatable bonds is 6. The van der Waals surface area contributed by atoms with Gasteiger partial charge in [-0.2, -0.15) is 0 Å². The zero-order chi connectivity index (χ0) is 18.7. The van der Waals surface area contributed by atoms with E-state index in [9.17, 15) is 4.79 Å². The molecule has 136 valence electrons. The van der Waals surface area contributed by atoms with Crippen molar-refractivity contribution in [3.8, 4) is 22.8 Å². The molecule has 8 heteroatoms. The highest BCUT2D eigenvalue weighted by Gasteiger charge is 2.20. The van der Waals surface area contributed by atoms with Crippen LogP contribution in [0.2, 0.25) is 0 Å². The molecule has 26 heavy (non-hydrogen) atoms. The van der Waals surface area contributed by atoms with Crippen LogP contribution in [0.15, 0.2) is 50.0 Å². The number of halogens is 1. The summed E-state index contributed by atoms with van der Waals surface area (Å²) in [6, 6.07) is 10.4.